The SMILES string of the molecule is COc1ccccc1/C=C/C(=O)NNC(=O)c1cccc(S(=O)(=O)N2CCCC2)c1. The number of ether oxygens (including phenoxy) is 1. The molecule has 158 valence electrons. The molecule has 2 aromatic carbocycles. The van der Waals surface area contributed by atoms with Gasteiger partial charge in [-0.05, 0) is 43.2 Å². The van der Waals surface area contributed by atoms with Crippen LogP contribution in [0, 0.1) is 0 Å². The van der Waals surface area contributed by atoms with Crippen LogP contribution < -0.4 is 15.6 Å². The topological polar surface area (TPSA) is 105 Å². The van der Waals surface area contributed by atoms with E-state index < -0.39 is 21.8 Å². The molecule has 0 radical (unpaired) electrons. The molecule has 1 heterocycles. The largest absolute Gasteiger partial charge is 0.496 e. The monoisotopic (exact) mass is 429 g/mol. The van der Waals surface area contributed by atoms with Crippen LogP contribution in [-0.2, 0) is 14.8 Å². The van der Waals surface area contributed by atoms with Crippen LogP contribution in [0.3, 0.4) is 0 Å². The van der Waals surface area contributed by atoms with Crippen LogP contribution in [0.5, 0.6) is 5.75 Å². The molecule has 2 aromatic rings. The van der Waals surface area contributed by atoms with Crippen molar-refractivity contribution in [1.82, 2.24) is 15.2 Å². The first-order chi connectivity index (χ1) is 14.4. The van der Waals surface area contributed by atoms with E-state index in [-0.39, 0.29) is 10.5 Å². The minimum atomic E-state index is -3.63. The molecule has 0 atom stereocenters. The smallest absolute Gasteiger partial charge is 0.269 e. The molecular weight excluding hydrogens is 406 g/mol. The van der Waals surface area contributed by atoms with Gasteiger partial charge >= 0.3 is 0 Å². The van der Waals surface area contributed by atoms with Crippen LogP contribution in [0.15, 0.2) is 59.5 Å². The molecule has 1 saturated heterocycles. The Kier molecular flexibility index (Phi) is 6.86. The normalized spacial score (nSPS) is 14.6. The minimum Gasteiger partial charge on any atom is -0.496 e. The summed E-state index contributed by atoms with van der Waals surface area (Å²) in [5.41, 5.74) is 5.40. The molecule has 0 saturated carbocycles. The number of nitrogens with one attached hydrogen (secondary N) is 2. The lowest BCUT2D eigenvalue weighted by atomic mass is 10.2. The maximum Gasteiger partial charge on any atom is 0.269 e. The third kappa shape index (κ3) is 5.05. The molecule has 8 nitrogen and oxygen atoms in total. The van der Waals surface area contributed by atoms with Gasteiger partial charge in [-0.3, -0.25) is 20.4 Å². The first kappa shape index (κ1) is 21.5. The lowest BCUT2D eigenvalue weighted by Crippen LogP contribution is -2.40. The van der Waals surface area contributed by atoms with Gasteiger partial charge in [0, 0.05) is 30.3 Å². The van der Waals surface area contributed by atoms with Gasteiger partial charge in [-0.1, -0.05) is 24.3 Å². The number of para-hydroxylation sites is 1. The molecule has 3 rings (SSSR count). The molecular formula is C21H23N3O5S. The van der Waals surface area contributed by atoms with Crippen LogP contribution in [0.25, 0.3) is 6.08 Å². The van der Waals surface area contributed by atoms with Crippen molar-refractivity contribution in [2.75, 3.05) is 20.2 Å². The zero-order valence-electron chi connectivity index (χ0n) is 16.5. The van der Waals surface area contributed by atoms with E-state index >= 15 is 0 Å². The van der Waals surface area contributed by atoms with Crippen molar-refractivity contribution in [1.29, 1.82) is 0 Å². The first-order valence-corrected chi connectivity index (χ1v) is 10.9. The molecule has 9 heteroatoms. The minimum absolute atomic E-state index is 0.0550. The second-order valence-electron chi connectivity index (χ2n) is 6.66. The van der Waals surface area contributed by atoms with Crippen molar-refractivity contribution in [3.05, 3.63) is 65.7 Å². The fourth-order valence-corrected chi connectivity index (χ4v) is 4.64. The molecule has 2 N–H and O–H groups in total. The van der Waals surface area contributed by atoms with E-state index in [1.165, 1.54) is 41.8 Å². The van der Waals surface area contributed by atoms with Crippen molar-refractivity contribution in [2.45, 2.75) is 17.7 Å². The summed E-state index contributed by atoms with van der Waals surface area (Å²) in [6.45, 7) is 0.959. The van der Waals surface area contributed by atoms with Crippen LogP contribution in [0.2, 0.25) is 0 Å². The fraction of sp³-hybridized carbons (Fsp3) is 0.238. The summed E-state index contributed by atoms with van der Waals surface area (Å²) in [6.07, 6.45) is 4.47. The Balaban J connectivity index is 1.62. The molecule has 0 spiro atoms. The van der Waals surface area contributed by atoms with E-state index in [1.54, 1.807) is 18.2 Å². The van der Waals surface area contributed by atoms with Gasteiger partial charge in [-0.25, -0.2) is 8.42 Å². The van der Waals surface area contributed by atoms with Crippen LogP contribution >= 0.6 is 0 Å². The zero-order valence-corrected chi connectivity index (χ0v) is 17.3. The van der Waals surface area contributed by atoms with Crippen molar-refractivity contribution in [3.63, 3.8) is 0 Å². The number of carbonyl (C=O) groups is 2. The summed E-state index contributed by atoms with van der Waals surface area (Å²) in [4.78, 5) is 24.4. The van der Waals surface area contributed by atoms with E-state index in [2.05, 4.69) is 10.9 Å². The maximum absolute atomic E-state index is 12.7. The van der Waals surface area contributed by atoms with E-state index in [1.807, 2.05) is 12.1 Å². The molecule has 1 fully saturated rings. The lowest BCUT2D eigenvalue weighted by Gasteiger charge is -2.16. The quantitative estimate of drug-likeness (QED) is 0.540. The van der Waals surface area contributed by atoms with Gasteiger partial charge < -0.3 is 4.74 Å². The van der Waals surface area contributed by atoms with E-state index in [9.17, 15) is 18.0 Å². The molecule has 2 amide bonds. The standard InChI is InChI=1S/C21H23N3O5S/c1-29-19-10-3-2-7-16(19)11-12-20(25)22-23-21(26)17-8-6-9-18(15-17)30(27,28)24-13-4-5-14-24/h2-3,6-12,15H,4-5,13-14H2,1H3,(H,22,25)(H,23,26)/b12-11+. The zero-order chi connectivity index (χ0) is 21.6. The van der Waals surface area contributed by atoms with Crippen molar-refractivity contribution in [3.8, 4) is 5.75 Å². The number of nitrogens with zero attached hydrogens (tertiary/aromatic N) is 1. The van der Waals surface area contributed by atoms with E-state index in [4.69, 9.17) is 4.74 Å². The summed E-state index contributed by atoms with van der Waals surface area (Å²) in [5, 5.41) is 0. The molecule has 30 heavy (non-hydrogen) atoms. The number of hydrogen-bond acceptors (Lipinski definition) is 5. The second kappa shape index (κ2) is 9.55. The lowest BCUT2D eigenvalue weighted by molar-refractivity contribution is -0.117. The van der Waals surface area contributed by atoms with E-state index in [0.717, 1.165) is 12.8 Å². The van der Waals surface area contributed by atoms with Gasteiger partial charge in [0.05, 0.1) is 12.0 Å². The van der Waals surface area contributed by atoms with Gasteiger partial charge in [0.2, 0.25) is 10.0 Å². The van der Waals surface area contributed by atoms with Crippen molar-refractivity contribution >= 4 is 27.9 Å². The number of benzene rings is 2. The summed E-state index contributed by atoms with van der Waals surface area (Å²) in [5.74, 6) is -0.552. The molecule has 0 unspecified atom stereocenters. The fourth-order valence-electron chi connectivity index (χ4n) is 3.08. The number of rotatable bonds is 6. The molecule has 0 aromatic heterocycles. The predicted octanol–water partition coefficient (Wildman–Crippen LogP) is 1.95. The van der Waals surface area contributed by atoms with Gasteiger partial charge in [-0.2, -0.15) is 4.31 Å². The Morgan fingerprint density at radius 3 is 2.50 bits per heavy atom. The summed E-state index contributed by atoms with van der Waals surface area (Å²) in [6, 6.07) is 12.9. The predicted molar refractivity (Wildman–Crippen MR) is 112 cm³/mol. The Morgan fingerprint density at radius 1 is 1.03 bits per heavy atom. The Hall–Kier alpha value is -3.17. The number of carbonyl (C=O) groups excluding carboxylic acids is 2. The van der Waals surface area contributed by atoms with Gasteiger partial charge in [0.1, 0.15) is 5.75 Å². The summed E-state index contributed by atoms with van der Waals surface area (Å²) >= 11 is 0. The summed E-state index contributed by atoms with van der Waals surface area (Å²) < 4.78 is 31.9. The highest BCUT2D eigenvalue weighted by molar-refractivity contribution is 7.89. The third-order valence-electron chi connectivity index (χ3n) is 4.65. The molecule has 0 bridgehead atoms. The average molecular weight is 429 g/mol. The van der Waals surface area contributed by atoms with E-state index in [0.29, 0.717) is 24.4 Å². The first-order valence-electron chi connectivity index (χ1n) is 9.43. The van der Waals surface area contributed by atoms with Crippen LogP contribution in [0.4, 0.5) is 0 Å². The van der Waals surface area contributed by atoms with Gasteiger partial charge in [0.15, 0.2) is 0 Å². The molecule has 0 aliphatic carbocycles. The molecule has 1 aliphatic heterocycles. The Labute approximate surface area is 175 Å². The highest BCUT2D eigenvalue weighted by Crippen LogP contribution is 2.21. The van der Waals surface area contributed by atoms with Crippen LogP contribution in [-0.4, -0.2) is 44.7 Å². The number of amides is 2. The number of hydrogen-bond donors (Lipinski definition) is 2. The molecule has 1 aliphatic rings. The van der Waals surface area contributed by atoms with Gasteiger partial charge in [0.25, 0.3) is 11.8 Å². The third-order valence-corrected chi connectivity index (χ3v) is 6.55. The van der Waals surface area contributed by atoms with Crippen molar-refractivity contribution < 1.29 is 22.7 Å². The average Bonchev–Trinajstić information content (AvgIpc) is 3.32. The number of methoxy groups -OCH3 is 1. The Bertz CT molecular complexity index is 1060. The van der Waals surface area contributed by atoms with Crippen LogP contribution in [0.1, 0.15) is 28.8 Å². The Morgan fingerprint density at radius 2 is 1.77 bits per heavy atom. The maximum atomic E-state index is 12.7. The highest BCUT2D eigenvalue weighted by atomic mass is 32.2. The second-order valence-corrected chi connectivity index (χ2v) is 8.60. The number of hydrazine groups is 1. The highest BCUT2D eigenvalue weighted by Gasteiger charge is 2.27. The summed E-state index contributed by atoms with van der Waals surface area (Å²) in [7, 11) is -2.10. The number of sulfonamides is 1. The van der Waals surface area contributed by atoms with Crippen molar-refractivity contribution in [2.24, 2.45) is 0 Å². The van der Waals surface area contributed by atoms with Gasteiger partial charge in [-0.15, -0.1) is 0 Å².